The maximum Gasteiger partial charge on any atom is 0.116 e. The van der Waals surface area contributed by atoms with Crippen molar-refractivity contribution >= 4 is 28.6 Å². The van der Waals surface area contributed by atoms with E-state index in [2.05, 4.69) is 13.8 Å². The summed E-state index contributed by atoms with van der Waals surface area (Å²) in [5.74, 6) is 0. The van der Waals surface area contributed by atoms with Gasteiger partial charge in [-0.05, 0) is 23.8 Å². The Kier molecular flexibility index (Phi) is 1.67. The average Bonchev–Trinajstić information content (AvgIpc) is 2.39. The van der Waals surface area contributed by atoms with Crippen LogP contribution >= 0.6 is 22.9 Å². The van der Waals surface area contributed by atoms with Crippen molar-refractivity contribution in [1.82, 2.24) is 0 Å². The maximum absolute atomic E-state index is 5.97. The van der Waals surface area contributed by atoms with Gasteiger partial charge in [0.15, 0.2) is 0 Å². The van der Waals surface area contributed by atoms with Crippen molar-refractivity contribution in [3.63, 3.8) is 0 Å². The van der Waals surface area contributed by atoms with E-state index in [0.29, 0.717) is 0 Å². The second-order valence-corrected chi connectivity index (χ2v) is 5.68. The van der Waals surface area contributed by atoms with Gasteiger partial charge in [0, 0.05) is 4.88 Å². The molecule has 3 heteroatoms. The first-order chi connectivity index (χ1) is 5.52. The number of aryl methyl sites for hydroxylation is 1. The first-order valence-corrected chi connectivity index (χ1v) is 5.29. The Morgan fingerprint density at radius 1 is 1.50 bits per heavy atom. The zero-order valence-corrected chi connectivity index (χ0v) is 8.85. The Morgan fingerprint density at radius 2 is 2.17 bits per heavy atom. The molecule has 2 rings (SSSR count). The lowest BCUT2D eigenvalue weighted by atomic mass is 9.87. The van der Waals surface area contributed by atoms with Gasteiger partial charge in [-0.3, -0.25) is 0 Å². The molecule has 0 spiro atoms. The van der Waals surface area contributed by atoms with Gasteiger partial charge in [-0.1, -0.05) is 25.4 Å². The van der Waals surface area contributed by atoms with E-state index in [0.717, 1.165) is 16.4 Å². The molecule has 0 fully saturated rings. The van der Waals surface area contributed by atoms with Crippen LogP contribution < -0.4 is 5.73 Å². The molecule has 1 aliphatic carbocycles. The summed E-state index contributed by atoms with van der Waals surface area (Å²) in [7, 11) is 0. The van der Waals surface area contributed by atoms with Gasteiger partial charge in [0.25, 0.3) is 0 Å². The summed E-state index contributed by atoms with van der Waals surface area (Å²) in [5, 5.41) is 0. The van der Waals surface area contributed by atoms with Crippen molar-refractivity contribution in [2.45, 2.75) is 32.1 Å². The van der Waals surface area contributed by atoms with Crippen LogP contribution in [0.2, 0.25) is 4.34 Å². The normalized spacial score (nSPS) is 19.6. The van der Waals surface area contributed by atoms with Gasteiger partial charge in [-0.2, -0.15) is 0 Å². The van der Waals surface area contributed by atoms with Crippen LogP contribution in [0.4, 0.5) is 5.69 Å². The van der Waals surface area contributed by atoms with E-state index in [-0.39, 0.29) is 5.41 Å². The first-order valence-electron chi connectivity index (χ1n) is 4.09. The predicted octanol–water partition coefficient (Wildman–Crippen LogP) is 3.21. The second kappa shape index (κ2) is 2.39. The summed E-state index contributed by atoms with van der Waals surface area (Å²) >= 11 is 7.61. The largest absolute Gasteiger partial charge is 0.397 e. The van der Waals surface area contributed by atoms with Crippen LogP contribution in [0, 0.1) is 0 Å². The molecule has 1 heterocycles. The number of anilines is 1. The highest BCUT2D eigenvalue weighted by Crippen LogP contribution is 2.49. The Labute approximate surface area is 81.5 Å². The fraction of sp³-hybridized carbons (Fsp3) is 0.556. The van der Waals surface area contributed by atoms with E-state index in [1.54, 1.807) is 11.3 Å². The van der Waals surface area contributed by atoms with E-state index in [9.17, 15) is 0 Å². The van der Waals surface area contributed by atoms with E-state index in [1.807, 2.05) is 0 Å². The molecule has 0 unspecified atom stereocenters. The van der Waals surface area contributed by atoms with Gasteiger partial charge in [-0.25, -0.2) is 0 Å². The van der Waals surface area contributed by atoms with Crippen LogP contribution in [-0.2, 0) is 11.8 Å². The van der Waals surface area contributed by atoms with Gasteiger partial charge in [0.05, 0.1) is 5.69 Å². The number of halogens is 1. The number of hydrogen-bond donors (Lipinski definition) is 1. The highest BCUT2D eigenvalue weighted by atomic mass is 35.5. The van der Waals surface area contributed by atoms with Crippen LogP contribution in [0.3, 0.4) is 0 Å². The molecule has 66 valence electrons. The van der Waals surface area contributed by atoms with Gasteiger partial charge >= 0.3 is 0 Å². The first kappa shape index (κ1) is 8.39. The van der Waals surface area contributed by atoms with E-state index in [4.69, 9.17) is 17.3 Å². The molecule has 1 nitrogen and oxygen atoms in total. The summed E-state index contributed by atoms with van der Waals surface area (Å²) in [6.45, 7) is 4.47. The molecule has 0 bridgehead atoms. The van der Waals surface area contributed by atoms with Gasteiger partial charge in [0.1, 0.15) is 4.34 Å². The smallest absolute Gasteiger partial charge is 0.116 e. The second-order valence-electron chi connectivity index (χ2n) is 3.97. The molecule has 1 aromatic heterocycles. The minimum absolute atomic E-state index is 0.239. The molecule has 0 aliphatic heterocycles. The van der Waals surface area contributed by atoms with Crippen molar-refractivity contribution in [2.75, 3.05) is 5.73 Å². The number of hydrogen-bond acceptors (Lipinski definition) is 2. The minimum Gasteiger partial charge on any atom is -0.397 e. The van der Waals surface area contributed by atoms with Crippen LogP contribution in [0.5, 0.6) is 0 Å². The lowest BCUT2D eigenvalue weighted by Crippen LogP contribution is -2.13. The summed E-state index contributed by atoms with van der Waals surface area (Å²) in [6.07, 6.45) is 2.35. The zero-order chi connectivity index (χ0) is 8.93. The minimum atomic E-state index is 0.239. The number of nitrogen functional groups attached to an aromatic ring is 1. The fourth-order valence-electron chi connectivity index (χ4n) is 1.93. The number of rotatable bonds is 0. The van der Waals surface area contributed by atoms with Gasteiger partial charge in [-0.15, -0.1) is 11.3 Å². The van der Waals surface area contributed by atoms with Gasteiger partial charge < -0.3 is 5.73 Å². The molecule has 2 N–H and O–H groups in total. The molecule has 0 saturated heterocycles. The average molecular weight is 202 g/mol. The molecular weight excluding hydrogens is 190 g/mol. The summed E-state index contributed by atoms with van der Waals surface area (Å²) < 4.78 is 0.771. The maximum atomic E-state index is 5.97. The van der Waals surface area contributed by atoms with E-state index >= 15 is 0 Å². The Balaban J connectivity index is 2.63. The molecule has 12 heavy (non-hydrogen) atoms. The highest BCUT2D eigenvalue weighted by molar-refractivity contribution is 7.17. The zero-order valence-electron chi connectivity index (χ0n) is 7.28. The number of fused-ring (bicyclic) bond motifs is 1. The molecule has 0 saturated carbocycles. The van der Waals surface area contributed by atoms with Crippen LogP contribution in [-0.4, -0.2) is 0 Å². The molecule has 1 aromatic rings. The number of nitrogens with two attached hydrogens (primary N) is 1. The monoisotopic (exact) mass is 201 g/mol. The van der Waals surface area contributed by atoms with Crippen LogP contribution in [0.15, 0.2) is 0 Å². The van der Waals surface area contributed by atoms with Crippen molar-refractivity contribution in [2.24, 2.45) is 0 Å². The van der Waals surface area contributed by atoms with Crippen LogP contribution in [0.1, 0.15) is 30.7 Å². The van der Waals surface area contributed by atoms with Crippen LogP contribution in [0.25, 0.3) is 0 Å². The van der Waals surface area contributed by atoms with Crippen molar-refractivity contribution < 1.29 is 0 Å². The van der Waals surface area contributed by atoms with Crippen molar-refractivity contribution in [3.8, 4) is 0 Å². The summed E-state index contributed by atoms with van der Waals surface area (Å²) in [6, 6.07) is 0. The predicted molar refractivity (Wildman–Crippen MR) is 55.1 cm³/mol. The molecular formula is C9H12ClNS. The third kappa shape index (κ3) is 0.979. The van der Waals surface area contributed by atoms with E-state index in [1.165, 1.54) is 16.9 Å². The Hall–Kier alpha value is -0.210. The SMILES string of the molecule is CC1(C)CCc2sc(Cl)c(N)c21. The topological polar surface area (TPSA) is 26.0 Å². The third-order valence-corrected chi connectivity index (χ3v) is 4.12. The Bertz CT molecular complexity index is 328. The molecule has 0 aromatic carbocycles. The lowest BCUT2D eigenvalue weighted by Gasteiger charge is -2.18. The molecule has 0 atom stereocenters. The van der Waals surface area contributed by atoms with Crippen molar-refractivity contribution in [1.29, 1.82) is 0 Å². The standard InChI is InChI=1S/C9H12ClNS/c1-9(2)4-3-5-6(9)7(11)8(10)12-5/h3-4,11H2,1-2H3. The molecule has 1 aliphatic rings. The summed E-state index contributed by atoms with van der Waals surface area (Å²) in [5.41, 5.74) is 8.27. The Morgan fingerprint density at radius 3 is 2.75 bits per heavy atom. The van der Waals surface area contributed by atoms with E-state index < -0.39 is 0 Å². The fourth-order valence-corrected chi connectivity index (χ4v) is 3.43. The number of thiophene rings is 1. The third-order valence-electron chi connectivity index (χ3n) is 2.63. The summed E-state index contributed by atoms with van der Waals surface area (Å²) in [4.78, 5) is 1.39. The highest BCUT2D eigenvalue weighted by Gasteiger charge is 2.34. The quantitative estimate of drug-likeness (QED) is 0.686. The molecule has 0 radical (unpaired) electrons. The molecule has 0 amide bonds. The lowest BCUT2D eigenvalue weighted by molar-refractivity contribution is 0.524. The van der Waals surface area contributed by atoms with Crippen molar-refractivity contribution in [3.05, 3.63) is 14.8 Å². The van der Waals surface area contributed by atoms with Gasteiger partial charge in [0.2, 0.25) is 0 Å².